The number of benzene rings is 1. The summed E-state index contributed by atoms with van der Waals surface area (Å²) in [6.45, 7) is 0. The average Bonchev–Trinajstić information content (AvgIpc) is 2.15. The first-order valence-corrected chi connectivity index (χ1v) is 6.19. The first kappa shape index (κ1) is 15.6. The monoisotopic (exact) mass is 363 g/mol. The summed E-state index contributed by atoms with van der Waals surface area (Å²) >= 11 is 5.11. The first-order valence-electron chi connectivity index (χ1n) is 4.17. The summed E-state index contributed by atoms with van der Waals surface area (Å²) in [6.07, 6.45) is 2.78. The summed E-state index contributed by atoms with van der Waals surface area (Å²) < 4.78 is 1.04. The Morgan fingerprint density at radius 2 is 2.20 bits per heavy atom. The van der Waals surface area contributed by atoms with Gasteiger partial charge in [-0.3, -0.25) is 4.79 Å². The van der Waals surface area contributed by atoms with Gasteiger partial charge in [0, 0.05) is 48.5 Å². The van der Waals surface area contributed by atoms with E-state index in [2.05, 4.69) is 15.9 Å². The predicted molar refractivity (Wildman–Crippen MR) is 61.9 cm³/mol. The number of hydrogen-bond donors (Lipinski definition) is 1. The second-order valence-electron chi connectivity index (χ2n) is 2.86. The molecule has 0 amide bonds. The smallest absolute Gasteiger partial charge is 0.303 e. The number of aliphatic carboxylic acids is 1. The van der Waals surface area contributed by atoms with Crippen LogP contribution < -0.4 is 0 Å². The number of hydrogen-bond acceptors (Lipinski definition) is 2. The van der Waals surface area contributed by atoms with E-state index in [0.29, 0.717) is 6.42 Å². The Bertz CT molecular complexity index is 344. The van der Waals surface area contributed by atoms with Crippen molar-refractivity contribution < 1.29 is 42.6 Å². The van der Waals surface area contributed by atoms with Crippen molar-refractivity contribution in [1.29, 1.82) is 0 Å². The molecule has 0 atom stereocenters. The standard InChI is InChI=1S/C10H11BrO2S.Y/c1-14-9-4-2-7(6-8(9)11)3-5-10(12)13;/h2,4,6H,3,5H2,1H3,(H,12,13);. The van der Waals surface area contributed by atoms with E-state index in [1.165, 1.54) is 4.90 Å². The molecule has 0 spiro atoms. The van der Waals surface area contributed by atoms with Gasteiger partial charge < -0.3 is 5.11 Å². The molecule has 0 saturated heterocycles. The summed E-state index contributed by atoms with van der Waals surface area (Å²) in [5.74, 6) is -0.755. The largest absolute Gasteiger partial charge is 0.481 e. The maximum Gasteiger partial charge on any atom is 0.303 e. The summed E-state index contributed by atoms with van der Waals surface area (Å²) in [5, 5.41) is 8.53. The van der Waals surface area contributed by atoms with Crippen LogP contribution in [0.5, 0.6) is 0 Å². The Hall–Kier alpha value is 0.624. The van der Waals surface area contributed by atoms with Gasteiger partial charge in [0.2, 0.25) is 0 Å². The molecule has 0 heterocycles. The molecule has 1 aromatic rings. The fourth-order valence-corrected chi connectivity index (χ4v) is 2.49. The Kier molecular flexibility index (Phi) is 8.15. The third-order valence-corrected chi connectivity index (χ3v) is 3.56. The zero-order chi connectivity index (χ0) is 10.6. The molecular formula is C10H11BrO2SY. The van der Waals surface area contributed by atoms with E-state index in [0.717, 1.165) is 10.0 Å². The van der Waals surface area contributed by atoms with Gasteiger partial charge in [0.25, 0.3) is 0 Å². The van der Waals surface area contributed by atoms with Crippen LogP contribution in [0.1, 0.15) is 12.0 Å². The number of carbonyl (C=O) groups is 1. The number of halogens is 1. The maximum absolute atomic E-state index is 10.4. The molecule has 1 N–H and O–H groups in total. The van der Waals surface area contributed by atoms with Crippen LogP contribution in [-0.4, -0.2) is 17.3 Å². The number of rotatable bonds is 4. The Balaban J connectivity index is 0.00000196. The van der Waals surface area contributed by atoms with E-state index in [9.17, 15) is 4.79 Å². The van der Waals surface area contributed by atoms with Crippen molar-refractivity contribution in [3.63, 3.8) is 0 Å². The summed E-state index contributed by atoms with van der Waals surface area (Å²) in [6, 6.07) is 5.96. The van der Waals surface area contributed by atoms with E-state index < -0.39 is 5.97 Å². The minimum Gasteiger partial charge on any atom is -0.481 e. The van der Waals surface area contributed by atoms with Crippen molar-refractivity contribution in [2.45, 2.75) is 17.7 Å². The molecule has 1 radical (unpaired) electrons. The minimum atomic E-state index is -0.755. The molecule has 0 fully saturated rings. The molecule has 0 bridgehead atoms. The van der Waals surface area contributed by atoms with Crippen LogP contribution in [0, 0.1) is 0 Å². The van der Waals surface area contributed by atoms with Gasteiger partial charge in [-0.25, -0.2) is 0 Å². The van der Waals surface area contributed by atoms with Gasteiger partial charge >= 0.3 is 5.97 Å². The van der Waals surface area contributed by atoms with Gasteiger partial charge in [-0.1, -0.05) is 6.07 Å². The molecule has 0 aliphatic carbocycles. The number of thioether (sulfide) groups is 1. The van der Waals surface area contributed by atoms with Gasteiger partial charge in [-0.05, 0) is 46.3 Å². The third kappa shape index (κ3) is 5.48. The van der Waals surface area contributed by atoms with Gasteiger partial charge in [-0.15, -0.1) is 11.8 Å². The Labute approximate surface area is 127 Å². The van der Waals surface area contributed by atoms with E-state index in [1.54, 1.807) is 11.8 Å². The molecule has 0 unspecified atom stereocenters. The number of aryl methyl sites for hydroxylation is 1. The molecule has 0 aliphatic heterocycles. The number of carboxylic acid groups (broad SMARTS) is 1. The molecule has 0 saturated carbocycles. The van der Waals surface area contributed by atoms with E-state index in [1.807, 2.05) is 24.5 Å². The normalized spacial score (nSPS) is 9.47. The fraction of sp³-hybridized carbons (Fsp3) is 0.300. The Morgan fingerprint density at radius 3 is 2.67 bits per heavy atom. The Morgan fingerprint density at radius 1 is 1.53 bits per heavy atom. The van der Waals surface area contributed by atoms with Gasteiger partial charge in [0.15, 0.2) is 0 Å². The molecule has 79 valence electrons. The second kappa shape index (κ2) is 7.83. The molecule has 5 heteroatoms. The van der Waals surface area contributed by atoms with Crippen LogP contribution in [0.15, 0.2) is 27.6 Å². The molecule has 0 aromatic heterocycles. The van der Waals surface area contributed by atoms with E-state index in [4.69, 9.17) is 5.11 Å². The van der Waals surface area contributed by atoms with Crippen molar-refractivity contribution in [2.24, 2.45) is 0 Å². The average molecular weight is 364 g/mol. The predicted octanol–water partition coefficient (Wildman–Crippen LogP) is 3.19. The maximum atomic E-state index is 10.4. The van der Waals surface area contributed by atoms with Gasteiger partial charge in [-0.2, -0.15) is 0 Å². The fourth-order valence-electron chi connectivity index (χ4n) is 1.12. The van der Waals surface area contributed by atoms with Crippen molar-refractivity contribution in [3.05, 3.63) is 28.2 Å². The first-order chi connectivity index (χ1) is 6.63. The third-order valence-electron chi connectivity index (χ3n) is 1.84. The summed E-state index contributed by atoms with van der Waals surface area (Å²) in [5.41, 5.74) is 1.05. The SMILES string of the molecule is CSc1ccc(CCC(=O)O)cc1Br.[Y]. The molecule has 1 rings (SSSR count). The molecular weight excluding hydrogens is 353 g/mol. The van der Waals surface area contributed by atoms with Crippen molar-refractivity contribution in [1.82, 2.24) is 0 Å². The molecule has 2 nitrogen and oxygen atoms in total. The second-order valence-corrected chi connectivity index (χ2v) is 4.57. The quantitative estimate of drug-likeness (QED) is 0.834. The molecule has 15 heavy (non-hydrogen) atoms. The van der Waals surface area contributed by atoms with Crippen LogP contribution in [0.2, 0.25) is 0 Å². The minimum absolute atomic E-state index is 0. The number of carboxylic acids is 1. The molecule has 0 aliphatic rings. The van der Waals surface area contributed by atoms with Crippen LogP contribution in [0.25, 0.3) is 0 Å². The van der Waals surface area contributed by atoms with Gasteiger partial charge in [0.05, 0.1) is 0 Å². The van der Waals surface area contributed by atoms with Crippen molar-refractivity contribution >= 4 is 33.7 Å². The van der Waals surface area contributed by atoms with E-state index >= 15 is 0 Å². The van der Waals surface area contributed by atoms with Crippen molar-refractivity contribution in [3.8, 4) is 0 Å². The van der Waals surface area contributed by atoms with Crippen LogP contribution in [0.3, 0.4) is 0 Å². The topological polar surface area (TPSA) is 37.3 Å². The zero-order valence-electron chi connectivity index (χ0n) is 8.37. The zero-order valence-corrected chi connectivity index (χ0v) is 13.6. The molecule has 1 aromatic carbocycles. The summed E-state index contributed by atoms with van der Waals surface area (Å²) in [4.78, 5) is 11.5. The van der Waals surface area contributed by atoms with Crippen molar-refractivity contribution in [2.75, 3.05) is 6.26 Å². The van der Waals surface area contributed by atoms with Crippen LogP contribution >= 0.6 is 27.7 Å². The van der Waals surface area contributed by atoms with Crippen LogP contribution in [0.4, 0.5) is 0 Å². The van der Waals surface area contributed by atoms with Gasteiger partial charge in [0.1, 0.15) is 0 Å². The van der Waals surface area contributed by atoms with Crippen LogP contribution in [-0.2, 0) is 43.9 Å². The summed E-state index contributed by atoms with van der Waals surface area (Å²) in [7, 11) is 0. The van der Waals surface area contributed by atoms with E-state index in [-0.39, 0.29) is 39.1 Å².